The molecule has 2 N–H and O–H groups in total. The molecule has 0 saturated heterocycles. The molecular formula is C12H19N5O. The minimum Gasteiger partial charge on any atom is -0.367 e. The van der Waals surface area contributed by atoms with Crippen molar-refractivity contribution >= 4 is 11.5 Å². The Bertz CT molecular complexity index is 600. The molecule has 2 heterocycles. The fourth-order valence-electron chi connectivity index (χ4n) is 1.90. The van der Waals surface area contributed by atoms with Crippen LogP contribution in [0.25, 0.3) is 5.65 Å². The highest BCUT2D eigenvalue weighted by atomic mass is 16.1. The number of fused-ring (bicyclic) bond motifs is 1. The predicted octanol–water partition coefficient (Wildman–Crippen LogP) is 1.57. The van der Waals surface area contributed by atoms with Crippen LogP contribution in [0.1, 0.15) is 33.0 Å². The Morgan fingerprint density at radius 2 is 2.22 bits per heavy atom. The first-order chi connectivity index (χ1) is 8.52. The largest absolute Gasteiger partial charge is 0.367 e. The zero-order chi connectivity index (χ0) is 13.3. The van der Waals surface area contributed by atoms with E-state index in [0.717, 1.165) is 12.2 Å². The minimum atomic E-state index is -0.253. The summed E-state index contributed by atoms with van der Waals surface area (Å²) in [6.45, 7) is 8.29. The average Bonchev–Trinajstić information content (AvgIpc) is 2.70. The van der Waals surface area contributed by atoms with Crippen molar-refractivity contribution in [2.75, 3.05) is 5.32 Å². The lowest BCUT2D eigenvalue weighted by Crippen LogP contribution is -2.24. The maximum Gasteiger partial charge on any atom is 0.349 e. The SMILES string of the molecule is CCC(C)C(C)Nc1cc2n[nH]c(=O)n2c(C)n1. The zero-order valence-electron chi connectivity index (χ0n) is 11.2. The van der Waals surface area contributed by atoms with Crippen molar-refractivity contribution in [2.24, 2.45) is 5.92 Å². The van der Waals surface area contributed by atoms with E-state index in [1.54, 1.807) is 13.0 Å². The summed E-state index contributed by atoms with van der Waals surface area (Å²) in [5, 5.41) is 9.73. The van der Waals surface area contributed by atoms with E-state index in [1.165, 1.54) is 4.40 Å². The number of nitrogens with zero attached hydrogens (tertiary/aromatic N) is 3. The number of aromatic amines is 1. The van der Waals surface area contributed by atoms with E-state index in [4.69, 9.17) is 0 Å². The van der Waals surface area contributed by atoms with Crippen LogP contribution < -0.4 is 11.0 Å². The lowest BCUT2D eigenvalue weighted by Gasteiger charge is -2.20. The Hall–Kier alpha value is -1.85. The molecule has 0 amide bonds. The lowest BCUT2D eigenvalue weighted by molar-refractivity contribution is 0.493. The van der Waals surface area contributed by atoms with Gasteiger partial charge >= 0.3 is 5.69 Å². The van der Waals surface area contributed by atoms with E-state index >= 15 is 0 Å². The van der Waals surface area contributed by atoms with E-state index in [9.17, 15) is 4.79 Å². The van der Waals surface area contributed by atoms with Gasteiger partial charge in [-0.2, -0.15) is 5.10 Å². The van der Waals surface area contributed by atoms with Crippen molar-refractivity contribution in [2.45, 2.75) is 40.2 Å². The third-order valence-electron chi connectivity index (χ3n) is 3.44. The number of anilines is 1. The predicted molar refractivity (Wildman–Crippen MR) is 70.9 cm³/mol. The van der Waals surface area contributed by atoms with Crippen LogP contribution in [0.5, 0.6) is 0 Å². The third kappa shape index (κ3) is 2.23. The van der Waals surface area contributed by atoms with Gasteiger partial charge in [-0.05, 0) is 19.8 Å². The topological polar surface area (TPSA) is 75.1 Å². The number of H-pyrrole nitrogens is 1. The number of hydrogen-bond donors (Lipinski definition) is 2. The fraction of sp³-hybridized carbons (Fsp3) is 0.583. The van der Waals surface area contributed by atoms with Crippen LogP contribution in [0.15, 0.2) is 10.9 Å². The Labute approximate surface area is 105 Å². The van der Waals surface area contributed by atoms with Crippen molar-refractivity contribution in [1.82, 2.24) is 19.6 Å². The van der Waals surface area contributed by atoms with Crippen LogP contribution in [0, 0.1) is 12.8 Å². The summed E-state index contributed by atoms with van der Waals surface area (Å²) in [6, 6.07) is 2.11. The first-order valence-corrected chi connectivity index (χ1v) is 6.24. The second-order valence-electron chi connectivity index (χ2n) is 4.73. The van der Waals surface area contributed by atoms with Gasteiger partial charge in [0, 0.05) is 12.1 Å². The van der Waals surface area contributed by atoms with Gasteiger partial charge in [0.2, 0.25) is 0 Å². The highest BCUT2D eigenvalue weighted by Gasteiger charge is 2.12. The first-order valence-electron chi connectivity index (χ1n) is 6.24. The van der Waals surface area contributed by atoms with Gasteiger partial charge in [-0.15, -0.1) is 0 Å². The highest BCUT2D eigenvalue weighted by Crippen LogP contribution is 2.14. The van der Waals surface area contributed by atoms with Crippen LogP contribution in [-0.2, 0) is 0 Å². The van der Waals surface area contributed by atoms with E-state index in [-0.39, 0.29) is 5.69 Å². The maximum absolute atomic E-state index is 11.5. The molecule has 0 fully saturated rings. The molecule has 18 heavy (non-hydrogen) atoms. The molecule has 2 unspecified atom stereocenters. The number of hydrogen-bond acceptors (Lipinski definition) is 4. The van der Waals surface area contributed by atoms with E-state index in [0.29, 0.717) is 23.4 Å². The van der Waals surface area contributed by atoms with Crippen LogP contribution in [-0.4, -0.2) is 25.6 Å². The molecule has 0 saturated carbocycles. The molecule has 98 valence electrons. The van der Waals surface area contributed by atoms with E-state index in [2.05, 4.69) is 41.3 Å². The van der Waals surface area contributed by atoms with Crippen molar-refractivity contribution < 1.29 is 0 Å². The molecule has 2 rings (SSSR count). The Balaban J connectivity index is 2.33. The molecular weight excluding hydrogens is 230 g/mol. The maximum atomic E-state index is 11.5. The minimum absolute atomic E-state index is 0.253. The molecule has 0 aliphatic rings. The van der Waals surface area contributed by atoms with Crippen molar-refractivity contribution in [3.05, 3.63) is 22.4 Å². The molecule has 6 heteroatoms. The van der Waals surface area contributed by atoms with Gasteiger partial charge in [0.05, 0.1) is 0 Å². The summed E-state index contributed by atoms with van der Waals surface area (Å²) in [5.74, 6) is 1.95. The monoisotopic (exact) mass is 249 g/mol. The molecule has 0 radical (unpaired) electrons. The fourth-order valence-corrected chi connectivity index (χ4v) is 1.90. The molecule has 0 aromatic carbocycles. The van der Waals surface area contributed by atoms with Gasteiger partial charge in [-0.25, -0.2) is 19.3 Å². The number of nitrogens with one attached hydrogen (secondary N) is 2. The zero-order valence-corrected chi connectivity index (χ0v) is 11.2. The Kier molecular flexibility index (Phi) is 3.36. The summed E-state index contributed by atoms with van der Waals surface area (Å²) in [6.07, 6.45) is 1.11. The van der Waals surface area contributed by atoms with Gasteiger partial charge in [0.15, 0.2) is 5.65 Å². The van der Waals surface area contributed by atoms with E-state index in [1.807, 2.05) is 0 Å². The quantitative estimate of drug-likeness (QED) is 0.862. The lowest BCUT2D eigenvalue weighted by atomic mass is 10.0. The van der Waals surface area contributed by atoms with E-state index < -0.39 is 0 Å². The molecule has 2 aromatic rings. The summed E-state index contributed by atoms with van der Waals surface area (Å²) >= 11 is 0. The van der Waals surface area contributed by atoms with Crippen LogP contribution in [0.3, 0.4) is 0 Å². The summed E-state index contributed by atoms with van der Waals surface area (Å²) in [5.41, 5.74) is 0.336. The molecule has 0 spiro atoms. The Morgan fingerprint density at radius 1 is 1.50 bits per heavy atom. The van der Waals surface area contributed by atoms with Gasteiger partial charge in [-0.3, -0.25) is 0 Å². The standard InChI is InChI=1S/C12H19N5O/c1-5-7(2)8(3)13-10-6-11-15-16-12(18)17(11)9(4)14-10/h6-8,13H,5H2,1-4H3,(H,16,18). The average molecular weight is 249 g/mol. The van der Waals surface area contributed by atoms with Crippen molar-refractivity contribution in [3.63, 3.8) is 0 Å². The summed E-state index contributed by atoms with van der Waals surface area (Å²) < 4.78 is 1.46. The summed E-state index contributed by atoms with van der Waals surface area (Å²) in [7, 11) is 0. The van der Waals surface area contributed by atoms with Crippen LogP contribution in [0.2, 0.25) is 0 Å². The van der Waals surface area contributed by atoms with Gasteiger partial charge in [0.1, 0.15) is 11.6 Å². The normalized spacial score (nSPS) is 14.7. The van der Waals surface area contributed by atoms with Crippen molar-refractivity contribution in [3.8, 4) is 0 Å². The third-order valence-corrected chi connectivity index (χ3v) is 3.44. The number of aromatic nitrogens is 4. The first kappa shape index (κ1) is 12.6. The molecule has 0 bridgehead atoms. The van der Waals surface area contributed by atoms with Gasteiger partial charge in [0.25, 0.3) is 0 Å². The van der Waals surface area contributed by atoms with Gasteiger partial charge < -0.3 is 5.32 Å². The second-order valence-corrected chi connectivity index (χ2v) is 4.73. The number of rotatable bonds is 4. The molecule has 6 nitrogen and oxygen atoms in total. The highest BCUT2D eigenvalue weighted by molar-refractivity contribution is 5.50. The summed E-state index contributed by atoms with van der Waals surface area (Å²) in [4.78, 5) is 15.9. The molecule has 2 aromatic heterocycles. The Morgan fingerprint density at radius 3 is 2.89 bits per heavy atom. The molecule has 0 aliphatic heterocycles. The second kappa shape index (κ2) is 4.80. The van der Waals surface area contributed by atoms with Gasteiger partial charge in [-0.1, -0.05) is 20.3 Å². The smallest absolute Gasteiger partial charge is 0.349 e. The molecule has 2 atom stereocenters. The van der Waals surface area contributed by atoms with Crippen LogP contribution >= 0.6 is 0 Å². The van der Waals surface area contributed by atoms with Crippen LogP contribution in [0.4, 0.5) is 5.82 Å². The number of aryl methyl sites for hydroxylation is 1. The molecule has 0 aliphatic carbocycles. The van der Waals surface area contributed by atoms with Crippen molar-refractivity contribution in [1.29, 1.82) is 0 Å².